The van der Waals surface area contributed by atoms with E-state index in [0.29, 0.717) is 19.5 Å². The molecule has 0 aliphatic carbocycles. The van der Waals surface area contributed by atoms with Gasteiger partial charge in [-0.15, -0.1) is 0 Å². The molecular formula is C31H54N2O3S. The average molecular weight is 535 g/mol. The summed E-state index contributed by atoms with van der Waals surface area (Å²) in [5, 5.41) is 14.6. The third-order valence-electron chi connectivity index (χ3n) is 6.74. The molecule has 5 nitrogen and oxygen atoms in total. The molecule has 37 heavy (non-hydrogen) atoms. The Hall–Kier alpha value is -1.69. The Morgan fingerprint density at radius 2 is 1.05 bits per heavy atom. The van der Waals surface area contributed by atoms with Gasteiger partial charge in [-0.3, -0.25) is 9.59 Å². The van der Waals surface area contributed by atoms with E-state index in [4.69, 9.17) is 0 Å². The summed E-state index contributed by atoms with van der Waals surface area (Å²) in [7, 11) is 0. The molecule has 0 aliphatic heterocycles. The normalized spacial score (nSPS) is 10.9. The van der Waals surface area contributed by atoms with Gasteiger partial charge in [0.15, 0.2) is 0 Å². The Bertz CT molecular complexity index is 682. The molecule has 0 heterocycles. The minimum atomic E-state index is -0.578. The highest BCUT2D eigenvalue weighted by Gasteiger charge is 2.11. The standard InChI is InChI=1S/C31H54N2O3S/c1-2-3-4-5-6-11-14-17-26-37-27-18-15-12-9-7-8-10-13-16-24-32-30(35)31(36)33-25-23-28-19-21-29(34)22-20-28/h19-22,34H,2-18,23-27H2,1H3,(H,32,35)(H,33,36). The summed E-state index contributed by atoms with van der Waals surface area (Å²) in [6.45, 7) is 3.23. The van der Waals surface area contributed by atoms with Gasteiger partial charge in [0.2, 0.25) is 0 Å². The molecule has 0 spiro atoms. The molecule has 3 N–H and O–H groups in total. The topological polar surface area (TPSA) is 78.4 Å². The molecule has 0 aliphatic rings. The lowest BCUT2D eigenvalue weighted by molar-refractivity contribution is -0.139. The molecule has 6 heteroatoms. The highest BCUT2D eigenvalue weighted by molar-refractivity contribution is 7.99. The third-order valence-corrected chi connectivity index (χ3v) is 7.89. The van der Waals surface area contributed by atoms with Crippen molar-refractivity contribution in [2.45, 2.75) is 122 Å². The maximum absolute atomic E-state index is 11.9. The second-order valence-electron chi connectivity index (χ2n) is 10.2. The fourth-order valence-corrected chi connectivity index (χ4v) is 5.37. The minimum Gasteiger partial charge on any atom is -0.508 e. The third kappa shape index (κ3) is 21.0. The van der Waals surface area contributed by atoms with E-state index in [2.05, 4.69) is 29.3 Å². The molecule has 0 atom stereocenters. The summed E-state index contributed by atoms with van der Waals surface area (Å²) in [4.78, 5) is 23.7. The number of unbranched alkanes of at least 4 members (excludes halogenated alkanes) is 15. The van der Waals surface area contributed by atoms with Gasteiger partial charge in [0.05, 0.1) is 0 Å². The fourth-order valence-electron chi connectivity index (χ4n) is 4.35. The van der Waals surface area contributed by atoms with Crippen molar-refractivity contribution >= 4 is 23.6 Å². The number of amides is 2. The molecule has 0 unspecified atom stereocenters. The van der Waals surface area contributed by atoms with Crippen LogP contribution in [-0.2, 0) is 16.0 Å². The number of benzene rings is 1. The summed E-state index contributed by atoms with van der Waals surface area (Å²) < 4.78 is 0. The molecule has 2 amide bonds. The van der Waals surface area contributed by atoms with E-state index in [1.54, 1.807) is 24.3 Å². The van der Waals surface area contributed by atoms with Gasteiger partial charge in [-0.2, -0.15) is 11.8 Å². The van der Waals surface area contributed by atoms with Crippen LogP contribution in [0.5, 0.6) is 5.75 Å². The number of hydrogen-bond acceptors (Lipinski definition) is 4. The second-order valence-corrected chi connectivity index (χ2v) is 11.4. The summed E-state index contributed by atoms with van der Waals surface area (Å²) in [6.07, 6.45) is 23.1. The van der Waals surface area contributed by atoms with Gasteiger partial charge in [-0.1, -0.05) is 109 Å². The molecule has 0 bridgehead atoms. The zero-order valence-electron chi connectivity index (χ0n) is 23.5. The first-order valence-corrected chi connectivity index (χ1v) is 16.2. The Balaban J connectivity index is 1.77. The van der Waals surface area contributed by atoms with Crippen LogP contribution in [0.2, 0.25) is 0 Å². The number of carbonyl (C=O) groups excluding carboxylic acids is 2. The van der Waals surface area contributed by atoms with Crippen LogP contribution in [-0.4, -0.2) is 41.5 Å². The van der Waals surface area contributed by atoms with Crippen molar-refractivity contribution in [3.8, 4) is 5.75 Å². The quantitative estimate of drug-likeness (QED) is 0.0945. The zero-order valence-corrected chi connectivity index (χ0v) is 24.4. The number of thioether (sulfide) groups is 1. The largest absolute Gasteiger partial charge is 0.508 e. The lowest BCUT2D eigenvalue weighted by Crippen LogP contribution is -2.40. The molecule has 0 radical (unpaired) electrons. The number of phenolic OH excluding ortho intramolecular Hbond substituents is 1. The number of phenols is 1. The van der Waals surface area contributed by atoms with Gasteiger partial charge < -0.3 is 15.7 Å². The maximum Gasteiger partial charge on any atom is 0.309 e. The lowest BCUT2D eigenvalue weighted by atomic mass is 10.1. The van der Waals surface area contributed by atoms with E-state index < -0.39 is 11.8 Å². The monoisotopic (exact) mass is 534 g/mol. The van der Waals surface area contributed by atoms with E-state index in [1.807, 2.05) is 0 Å². The molecule has 212 valence electrons. The highest BCUT2D eigenvalue weighted by Crippen LogP contribution is 2.14. The fraction of sp³-hybridized carbons (Fsp3) is 0.742. The van der Waals surface area contributed by atoms with Crippen LogP contribution in [0.3, 0.4) is 0 Å². The van der Waals surface area contributed by atoms with Crippen LogP contribution in [0.1, 0.15) is 122 Å². The van der Waals surface area contributed by atoms with Gasteiger partial charge in [-0.05, 0) is 54.9 Å². The lowest BCUT2D eigenvalue weighted by Gasteiger charge is -2.07. The van der Waals surface area contributed by atoms with Crippen LogP contribution in [0.25, 0.3) is 0 Å². The predicted octanol–water partition coefficient (Wildman–Crippen LogP) is 7.55. The van der Waals surface area contributed by atoms with E-state index in [-0.39, 0.29) is 5.75 Å². The van der Waals surface area contributed by atoms with Gasteiger partial charge in [0.25, 0.3) is 0 Å². The van der Waals surface area contributed by atoms with Crippen LogP contribution in [0.15, 0.2) is 24.3 Å². The van der Waals surface area contributed by atoms with Crippen molar-refractivity contribution in [1.29, 1.82) is 0 Å². The molecule has 1 rings (SSSR count). The van der Waals surface area contributed by atoms with E-state index in [9.17, 15) is 14.7 Å². The van der Waals surface area contributed by atoms with Crippen molar-refractivity contribution < 1.29 is 14.7 Å². The van der Waals surface area contributed by atoms with Crippen LogP contribution in [0, 0.1) is 0 Å². The van der Waals surface area contributed by atoms with Gasteiger partial charge in [0, 0.05) is 13.1 Å². The summed E-state index contributed by atoms with van der Waals surface area (Å²) in [5.74, 6) is 1.77. The Morgan fingerprint density at radius 1 is 0.622 bits per heavy atom. The van der Waals surface area contributed by atoms with Crippen molar-refractivity contribution in [2.75, 3.05) is 24.6 Å². The van der Waals surface area contributed by atoms with Crippen molar-refractivity contribution in [3.63, 3.8) is 0 Å². The molecular weight excluding hydrogens is 480 g/mol. The Labute approximate surface area is 231 Å². The Morgan fingerprint density at radius 3 is 1.57 bits per heavy atom. The second kappa shape index (κ2) is 24.6. The first-order chi connectivity index (χ1) is 18.1. The predicted molar refractivity (Wildman–Crippen MR) is 159 cm³/mol. The molecule has 1 aromatic rings. The molecule has 0 saturated heterocycles. The van der Waals surface area contributed by atoms with E-state index in [1.165, 1.54) is 108 Å². The van der Waals surface area contributed by atoms with E-state index >= 15 is 0 Å². The zero-order chi connectivity index (χ0) is 26.8. The number of carbonyl (C=O) groups is 2. The van der Waals surface area contributed by atoms with Crippen molar-refractivity contribution in [1.82, 2.24) is 10.6 Å². The summed E-state index contributed by atoms with van der Waals surface area (Å²) in [6, 6.07) is 6.84. The maximum atomic E-state index is 11.9. The van der Waals surface area contributed by atoms with Crippen molar-refractivity contribution in [3.05, 3.63) is 29.8 Å². The van der Waals surface area contributed by atoms with Crippen LogP contribution >= 0.6 is 11.8 Å². The molecule has 0 aromatic heterocycles. The number of rotatable bonds is 24. The minimum absolute atomic E-state index is 0.219. The SMILES string of the molecule is CCCCCCCCCCSCCCCCCCCCCCNC(=O)C(=O)NCCc1ccc(O)cc1. The number of hydrogen-bond donors (Lipinski definition) is 3. The Kier molecular flexibility index (Phi) is 22.2. The van der Waals surface area contributed by atoms with Crippen molar-refractivity contribution in [2.24, 2.45) is 0 Å². The van der Waals surface area contributed by atoms with Gasteiger partial charge in [0.1, 0.15) is 5.75 Å². The van der Waals surface area contributed by atoms with Gasteiger partial charge >= 0.3 is 11.8 Å². The smallest absolute Gasteiger partial charge is 0.309 e. The molecule has 0 fully saturated rings. The highest BCUT2D eigenvalue weighted by atomic mass is 32.2. The van der Waals surface area contributed by atoms with Crippen LogP contribution in [0.4, 0.5) is 0 Å². The van der Waals surface area contributed by atoms with E-state index in [0.717, 1.165) is 18.4 Å². The van der Waals surface area contributed by atoms with Gasteiger partial charge in [-0.25, -0.2) is 0 Å². The summed E-state index contributed by atoms with van der Waals surface area (Å²) >= 11 is 2.15. The first-order valence-electron chi connectivity index (χ1n) is 15.0. The first kappa shape index (κ1) is 33.3. The molecule has 1 aromatic carbocycles. The molecule has 0 saturated carbocycles. The number of nitrogens with one attached hydrogen (secondary N) is 2. The average Bonchev–Trinajstić information content (AvgIpc) is 2.90. The number of aromatic hydroxyl groups is 1. The van der Waals surface area contributed by atoms with Crippen LogP contribution < -0.4 is 10.6 Å². The summed E-state index contributed by atoms with van der Waals surface area (Å²) in [5.41, 5.74) is 1.00.